The SMILES string of the molecule is Cc1cc(C)c2c(=O)[nH]c(SCC(=O)c3ccc(O)c(C)c3)nc2n1. The van der Waals surface area contributed by atoms with Gasteiger partial charge in [0.2, 0.25) is 0 Å². The number of benzene rings is 1. The van der Waals surface area contributed by atoms with Gasteiger partial charge < -0.3 is 10.1 Å². The molecule has 0 radical (unpaired) electrons. The molecule has 0 amide bonds. The third-order valence-corrected chi connectivity index (χ3v) is 4.71. The fraction of sp³-hybridized carbons (Fsp3) is 0.222. The van der Waals surface area contributed by atoms with E-state index in [1.165, 1.54) is 6.07 Å². The van der Waals surface area contributed by atoms with Crippen LogP contribution in [0.2, 0.25) is 0 Å². The number of carbonyl (C=O) groups is 1. The van der Waals surface area contributed by atoms with Crippen molar-refractivity contribution in [3.8, 4) is 5.75 Å². The molecule has 2 heterocycles. The molecule has 2 N–H and O–H groups in total. The zero-order valence-corrected chi connectivity index (χ0v) is 14.9. The molecule has 0 bridgehead atoms. The van der Waals surface area contributed by atoms with E-state index in [0.29, 0.717) is 27.3 Å². The first-order valence-electron chi connectivity index (χ1n) is 7.69. The van der Waals surface area contributed by atoms with Gasteiger partial charge in [0.05, 0.1) is 11.1 Å². The maximum absolute atomic E-state index is 12.3. The van der Waals surface area contributed by atoms with Crippen LogP contribution in [0.25, 0.3) is 11.0 Å². The second-order valence-electron chi connectivity index (χ2n) is 5.86. The summed E-state index contributed by atoms with van der Waals surface area (Å²) in [7, 11) is 0. The Morgan fingerprint density at radius 1 is 1.16 bits per heavy atom. The zero-order valence-electron chi connectivity index (χ0n) is 14.1. The van der Waals surface area contributed by atoms with Gasteiger partial charge in [0, 0.05) is 11.3 Å². The number of fused-ring (bicyclic) bond motifs is 1. The standard InChI is InChI=1S/C18H17N3O3S/c1-9-7-12(4-5-13(9)22)14(23)8-25-18-20-16-15(17(24)21-18)10(2)6-11(3)19-16/h4-7,22H,8H2,1-3H3,(H,19,20,21,24). The first-order valence-corrected chi connectivity index (χ1v) is 8.67. The molecule has 128 valence electrons. The van der Waals surface area contributed by atoms with Crippen LogP contribution >= 0.6 is 11.8 Å². The molecule has 1 aromatic carbocycles. The van der Waals surface area contributed by atoms with E-state index < -0.39 is 0 Å². The third kappa shape index (κ3) is 3.56. The molecule has 25 heavy (non-hydrogen) atoms. The molecular formula is C18H17N3O3S. The Morgan fingerprint density at radius 3 is 2.64 bits per heavy atom. The summed E-state index contributed by atoms with van der Waals surface area (Å²) >= 11 is 1.16. The third-order valence-electron chi connectivity index (χ3n) is 3.84. The lowest BCUT2D eigenvalue weighted by molar-refractivity contribution is 0.102. The van der Waals surface area contributed by atoms with E-state index in [1.807, 2.05) is 19.9 Å². The molecule has 0 saturated heterocycles. The van der Waals surface area contributed by atoms with Gasteiger partial charge in [-0.2, -0.15) is 0 Å². The van der Waals surface area contributed by atoms with Crippen molar-refractivity contribution in [2.24, 2.45) is 0 Å². The predicted molar refractivity (Wildman–Crippen MR) is 97.5 cm³/mol. The second kappa shape index (κ2) is 6.68. The van der Waals surface area contributed by atoms with Gasteiger partial charge >= 0.3 is 0 Å². The van der Waals surface area contributed by atoms with Crippen LogP contribution in [0.4, 0.5) is 0 Å². The second-order valence-corrected chi connectivity index (χ2v) is 6.83. The molecule has 0 aliphatic carbocycles. The number of thioether (sulfide) groups is 1. The molecule has 3 aromatic rings. The van der Waals surface area contributed by atoms with Crippen molar-refractivity contribution in [2.75, 3.05) is 5.75 Å². The van der Waals surface area contributed by atoms with E-state index in [1.54, 1.807) is 19.1 Å². The van der Waals surface area contributed by atoms with Gasteiger partial charge in [-0.3, -0.25) is 9.59 Å². The Labute approximate surface area is 148 Å². The van der Waals surface area contributed by atoms with Gasteiger partial charge in [0.1, 0.15) is 5.75 Å². The summed E-state index contributed by atoms with van der Waals surface area (Å²) in [6.45, 7) is 5.42. The van der Waals surface area contributed by atoms with Crippen molar-refractivity contribution >= 4 is 28.6 Å². The Balaban J connectivity index is 1.84. The van der Waals surface area contributed by atoms with Crippen molar-refractivity contribution in [2.45, 2.75) is 25.9 Å². The van der Waals surface area contributed by atoms with Crippen LogP contribution in [0.1, 0.15) is 27.2 Å². The van der Waals surface area contributed by atoms with Crippen LogP contribution in [0.15, 0.2) is 34.2 Å². The summed E-state index contributed by atoms with van der Waals surface area (Å²) in [5.41, 5.74) is 2.89. The number of aromatic nitrogens is 3. The van der Waals surface area contributed by atoms with E-state index in [2.05, 4.69) is 15.0 Å². The van der Waals surface area contributed by atoms with E-state index >= 15 is 0 Å². The number of hydrogen-bond donors (Lipinski definition) is 2. The average molecular weight is 355 g/mol. The summed E-state index contributed by atoms with van der Waals surface area (Å²) in [6, 6.07) is 6.56. The molecule has 0 saturated carbocycles. The molecule has 0 aliphatic rings. The number of aromatic hydroxyl groups is 1. The van der Waals surface area contributed by atoms with Crippen LogP contribution in [-0.2, 0) is 0 Å². The molecule has 0 spiro atoms. The molecule has 2 aromatic heterocycles. The highest BCUT2D eigenvalue weighted by Gasteiger charge is 2.12. The summed E-state index contributed by atoms with van der Waals surface area (Å²) in [4.78, 5) is 35.9. The van der Waals surface area contributed by atoms with Crippen LogP contribution in [0.3, 0.4) is 0 Å². The smallest absolute Gasteiger partial charge is 0.261 e. The van der Waals surface area contributed by atoms with Crippen LogP contribution in [0, 0.1) is 20.8 Å². The van der Waals surface area contributed by atoms with E-state index in [9.17, 15) is 14.7 Å². The lowest BCUT2D eigenvalue weighted by Crippen LogP contribution is -2.13. The molecule has 3 rings (SSSR count). The van der Waals surface area contributed by atoms with Gasteiger partial charge in [-0.1, -0.05) is 11.8 Å². The Morgan fingerprint density at radius 2 is 1.92 bits per heavy atom. The largest absolute Gasteiger partial charge is 0.508 e. The highest BCUT2D eigenvalue weighted by Crippen LogP contribution is 2.21. The Kier molecular flexibility index (Phi) is 4.59. The average Bonchev–Trinajstić information content (AvgIpc) is 2.54. The maximum atomic E-state index is 12.3. The summed E-state index contributed by atoms with van der Waals surface area (Å²) in [5, 5.41) is 10.4. The lowest BCUT2D eigenvalue weighted by Gasteiger charge is -2.06. The molecular weight excluding hydrogens is 338 g/mol. The number of pyridine rings is 1. The predicted octanol–water partition coefficient (Wildman–Crippen LogP) is 2.92. The maximum Gasteiger partial charge on any atom is 0.261 e. The Bertz CT molecular complexity index is 1040. The number of ketones is 1. The van der Waals surface area contributed by atoms with Crippen molar-refractivity contribution < 1.29 is 9.90 Å². The number of phenols is 1. The van der Waals surface area contributed by atoms with E-state index in [0.717, 1.165) is 23.0 Å². The molecule has 0 unspecified atom stereocenters. The summed E-state index contributed by atoms with van der Waals surface area (Å²) < 4.78 is 0. The number of rotatable bonds is 4. The first-order chi connectivity index (χ1) is 11.8. The number of carbonyl (C=O) groups excluding carboxylic acids is 1. The minimum atomic E-state index is -0.259. The topological polar surface area (TPSA) is 95.9 Å². The van der Waals surface area contributed by atoms with Gasteiger partial charge in [-0.05, 0) is 56.2 Å². The summed E-state index contributed by atoms with van der Waals surface area (Å²) in [6.07, 6.45) is 0. The Hall–Kier alpha value is -2.67. The van der Waals surface area contributed by atoms with Crippen molar-refractivity contribution in [1.29, 1.82) is 0 Å². The highest BCUT2D eigenvalue weighted by atomic mass is 32.2. The van der Waals surface area contributed by atoms with Gasteiger partial charge in [-0.25, -0.2) is 9.97 Å². The zero-order chi connectivity index (χ0) is 18.1. The summed E-state index contributed by atoms with van der Waals surface area (Å²) in [5.74, 6) is 0.175. The normalized spacial score (nSPS) is 11.0. The molecule has 0 atom stereocenters. The number of aromatic amines is 1. The lowest BCUT2D eigenvalue weighted by atomic mass is 10.1. The van der Waals surface area contributed by atoms with Crippen LogP contribution in [-0.4, -0.2) is 31.6 Å². The highest BCUT2D eigenvalue weighted by molar-refractivity contribution is 7.99. The molecule has 0 aliphatic heterocycles. The fourth-order valence-corrected chi connectivity index (χ4v) is 3.33. The van der Waals surface area contributed by atoms with Gasteiger partial charge in [-0.15, -0.1) is 0 Å². The molecule has 7 heteroatoms. The van der Waals surface area contributed by atoms with Gasteiger partial charge in [0.25, 0.3) is 5.56 Å². The minimum absolute atomic E-state index is 0.107. The molecule has 6 nitrogen and oxygen atoms in total. The fourth-order valence-electron chi connectivity index (χ4n) is 2.58. The van der Waals surface area contributed by atoms with Crippen LogP contribution < -0.4 is 5.56 Å². The number of aryl methyl sites for hydroxylation is 3. The van der Waals surface area contributed by atoms with E-state index in [-0.39, 0.29) is 22.8 Å². The molecule has 0 fully saturated rings. The number of H-pyrrole nitrogens is 1. The quantitative estimate of drug-likeness (QED) is 0.424. The first kappa shape index (κ1) is 17.2. The minimum Gasteiger partial charge on any atom is -0.508 e. The number of Topliss-reactive ketones (excluding diaryl/α,β-unsaturated/α-hetero) is 1. The van der Waals surface area contributed by atoms with Crippen molar-refractivity contribution in [3.63, 3.8) is 0 Å². The number of phenolic OH excluding ortho intramolecular Hbond substituents is 1. The number of nitrogens with zero attached hydrogens (tertiary/aromatic N) is 2. The van der Waals surface area contributed by atoms with Crippen LogP contribution in [0.5, 0.6) is 5.75 Å². The number of nitrogens with one attached hydrogen (secondary N) is 1. The monoisotopic (exact) mass is 355 g/mol. The van der Waals surface area contributed by atoms with Crippen molar-refractivity contribution in [1.82, 2.24) is 15.0 Å². The number of hydrogen-bond acceptors (Lipinski definition) is 6. The van der Waals surface area contributed by atoms with Gasteiger partial charge in [0.15, 0.2) is 16.6 Å². The van der Waals surface area contributed by atoms with E-state index in [4.69, 9.17) is 0 Å². The van der Waals surface area contributed by atoms with Crippen molar-refractivity contribution in [3.05, 3.63) is 57.0 Å².